The maximum absolute atomic E-state index is 11.5. The lowest BCUT2D eigenvalue weighted by molar-refractivity contribution is -0.147. The number of esters is 1. The normalized spacial score (nSPS) is 18.2. The molecule has 0 bridgehead atoms. The molecule has 19 heavy (non-hydrogen) atoms. The first kappa shape index (κ1) is 13.7. The van der Waals surface area contributed by atoms with E-state index in [9.17, 15) is 4.79 Å². The number of nitrogen functional groups attached to an aromatic ring is 1. The number of ether oxygens (including phenoxy) is 3. The first-order valence-corrected chi connectivity index (χ1v) is 6.49. The third-order valence-corrected chi connectivity index (χ3v) is 2.89. The molecule has 2 N–H and O–H groups in total. The van der Waals surface area contributed by atoms with Gasteiger partial charge in [-0.25, -0.2) is 0 Å². The van der Waals surface area contributed by atoms with E-state index >= 15 is 0 Å². The highest BCUT2D eigenvalue weighted by Crippen LogP contribution is 2.15. The van der Waals surface area contributed by atoms with Gasteiger partial charge in [0.2, 0.25) is 0 Å². The number of benzene rings is 1. The predicted octanol–water partition coefficient (Wildman–Crippen LogP) is 1.76. The van der Waals surface area contributed by atoms with Crippen LogP contribution in [0.1, 0.15) is 19.3 Å². The first-order chi connectivity index (χ1) is 9.24. The Morgan fingerprint density at radius 3 is 3.11 bits per heavy atom. The van der Waals surface area contributed by atoms with Crippen LogP contribution in [0.15, 0.2) is 24.3 Å². The van der Waals surface area contributed by atoms with Crippen molar-refractivity contribution in [3.63, 3.8) is 0 Å². The Kier molecular flexibility index (Phi) is 5.03. The Bertz CT molecular complexity index is 416. The van der Waals surface area contributed by atoms with Crippen molar-refractivity contribution in [3.8, 4) is 5.75 Å². The average Bonchev–Trinajstić information content (AvgIpc) is 2.89. The van der Waals surface area contributed by atoms with Gasteiger partial charge in [-0.1, -0.05) is 6.07 Å². The molecule has 0 aromatic heterocycles. The Hall–Kier alpha value is -1.75. The number of rotatable bonds is 6. The minimum atomic E-state index is -0.264. The van der Waals surface area contributed by atoms with Crippen molar-refractivity contribution in [3.05, 3.63) is 24.3 Å². The largest absolute Gasteiger partial charge is 0.493 e. The SMILES string of the molecule is Nc1cccc(OCCC(=O)OCC2CCCO2)c1. The number of nitrogens with two attached hydrogens (primary N) is 1. The number of hydrogen-bond donors (Lipinski definition) is 1. The van der Waals surface area contributed by atoms with Gasteiger partial charge in [0.25, 0.3) is 0 Å². The second-order valence-corrected chi connectivity index (χ2v) is 4.49. The van der Waals surface area contributed by atoms with Crippen molar-refractivity contribution in [1.29, 1.82) is 0 Å². The van der Waals surface area contributed by atoms with Crippen LogP contribution in [0.25, 0.3) is 0 Å². The summed E-state index contributed by atoms with van der Waals surface area (Å²) in [5.74, 6) is 0.395. The Labute approximate surface area is 112 Å². The summed E-state index contributed by atoms with van der Waals surface area (Å²) in [7, 11) is 0. The smallest absolute Gasteiger partial charge is 0.309 e. The van der Waals surface area contributed by atoms with Crippen molar-refractivity contribution < 1.29 is 19.0 Å². The lowest BCUT2D eigenvalue weighted by Gasteiger charge is -2.10. The second-order valence-electron chi connectivity index (χ2n) is 4.49. The monoisotopic (exact) mass is 265 g/mol. The Balaban J connectivity index is 1.60. The highest BCUT2D eigenvalue weighted by Gasteiger charge is 2.17. The lowest BCUT2D eigenvalue weighted by atomic mass is 10.2. The summed E-state index contributed by atoms with van der Waals surface area (Å²) in [6.45, 7) is 1.39. The predicted molar refractivity (Wildman–Crippen MR) is 70.9 cm³/mol. The van der Waals surface area contributed by atoms with Gasteiger partial charge in [-0.15, -0.1) is 0 Å². The molecule has 0 spiro atoms. The average molecular weight is 265 g/mol. The quantitative estimate of drug-likeness (QED) is 0.627. The van der Waals surface area contributed by atoms with E-state index in [2.05, 4.69) is 0 Å². The van der Waals surface area contributed by atoms with E-state index in [1.807, 2.05) is 0 Å². The van der Waals surface area contributed by atoms with Crippen LogP contribution in [0.5, 0.6) is 5.75 Å². The van der Waals surface area contributed by atoms with E-state index in [4.69, 9.17) is 19.9 Å². The van der Waals surface area contributed by atoms with Gasteiger partial charge in [0.15, 0.2) is 0 Å². The number of carbonyl (C=O) groups is 1. The zero-order valence-corrected chi connectivity index (χ0v) is 10.8. The highest BCUT2D eigenvalue weighted by atomic mass is 16.6. The molecule has 1 atom stereocenters. The molecule has 5 heteroatoms. The van der Waals surface area contributed by atoms with Crippen LogP contribution in [-0.2, 0) is 14.3 Å². The molecule has 0 aliphatic carbocycles. The van der Waals surface area contributed by atoms with E-state index in [1.54, 1.807) is 24.3 Å². The minimum Gasteiger partial charge on any atom is -0.493 e. The number of carbonyl (C=O) groups excluding carboxylic acids is 1. The van der Waals surface area contributed by atoms with Gasteiger partial charge in [0, 0.05) is 18.4 Å². The molecular formula is C14H19NO4. The fourth-order valence-corrected chi connectivity index (χ4v) is 1.89. The molecule has 1 unspecified atom stereocenters. The van der Waals surface area contributed by atoms with E-state index in [1.165, 1.54) is 0 Å². The molecule has 1 heterocycles. The van der Waals surface area contributed by atoms with Gasteiger partial charge in [-0.05, 0) is 25.0 Å². The van der Waals surface area contributed by atoms with Crippen molar-refractivity contribution >= 4 is 11.7 Å². The molecule has 1 aromatic rings. The van der Waals surface area contributed by atoms with E-state index in [-0.39, 0.29) is 25.1 Å². The zero-order valence-electron chi connectivity index (χ0n) is 10.8. The topological polar surface area (TPSA) is 70.8 Å². The number of hydrogen-bond acceptors (Lipinski definition) is 5. The summed E-state index contributed by atoms with van der Waals surface area (Å²) in [5.41, 5.74) is 6.26. The molecule has 2 rings (SSSR count). The van der Waals surface area contributed by atoms with Crippen LogP contribution in [0.4, 0.5) is 5.69 Å². The zero-order chi connectivity index (χ0) is 13.5. The summed E-state index contributed by atoms with van der Waals surface area (Å²) >= 11 is 0. The van der Waals surface area contributed by atoms with E-state index in [0.717, 1.165) is 19.4 Å². The van der Waals surface area contributed by atoms with E-state index < -0.39 is 0 Å². The fourth-order valence-electron chi connectivity index (χ4n) is 1.89. The first-order valence-electron chi connectivity index (χ1n) is 6.49. The summed E-state index contributed by atoms with van der Waals surface area (Å²) < 4.78 is 15.9. The summed E-state index contributed by atoms with van der Waals surface area (Å²) in [6.07, 6.45) is 2.30. The van der Waals surface area contributed by atoms with Crippen molar-refractivity contribution in [2.75, 3.05) is 25.6 Å². The van der Waals surface area contributed by atoms with Crippen molar-refractivity contribution in [2.24, 2.45) is 0 Å². The molecule has 5 nitrogen and oxygen atoms in total. The molecular weight excluding hydrogens is 246 g/mol. The minimum absolute atomic E-state index is 0.0683. The van der Waals surface area contributed by atoms with Gasteiger partial charge in [-0.2, -0.15) is 0 Å². The van der Waals surface area contributed by atoms with Crippen molar-refractivity contribution in [1.82, 2.24) is 0 Å². The Morgan fingerprint density at radius 2 is 2.37 bits per heavy atom. The van der Waals surface area contributed by atoms with Gasteiger partial charge in [0.1, 0.15) is 12.4 Å². The van der Waals surface area contributed by atoms with Crippen LogP contribution >= 0.6 is 0 Å². The van der Waals surface area contributed by atoms with Crippen molar-refractivity contribution in [2.45, 2.75) is 25.4 Å². The Morgan fingerprint density at radius 1 is 1.47 bits per heavy atom. The maximum atomic E-state index is 11.5. The molecule has 1 fully saturated rings. The number of anilines is 1. The summed E-state index contributed by atoms with van der Waals surface area (Å²) in [4.78, 5) is 11.5. The standard InChI is InChI=1S/C14H19NO4/c15-11-3-1-4-12(9-11)18-8-6-14(16)19-10-13-5-2-7-17-13/h1,3-4,9,13H,2,5-8,10,15H2. The maximum Gasteiger partial charge on any atom is 0.309 e. The molecule has 1 aliphatic rings. The van der Waals surface area contributed by atoms with Gasteiger partial charge in [-0.3, -0.25) is 4.79 Å². The lowest BCUT2D eigenvalue weighted by Crippen LogP contribution is -2.19. The molecule has 1 aromatic carbocycles. The van der Waals surface area contributed by atoms with Crippen LogP contribution < -0.4 is 10.5 Å². The molecule has 104 valence electrons. The molecule has 0 amide bonds. The second kappa shape index (κ2) is 6.99. The van der Waals surface area contributed by atoms with Gasteiger partial charge >= 0.3 is 5.97 Å². The summed E-state index contributed by atoms with van der Waals surface area (Å²) in [6, 6.07) is 7.11. The fraction of sp³-hybridized carbons (Fsp3) is 0.500. The highest BCUT2D eigenvalue weighted by molar-refractivity contribution is 5.69. The third-order valence-electron chi connectivity index (χ3n) is 2.89. The van der Waals surface area contributed by atoms with Gasteiger partial charge < -0.3 is 19.9 Å². The molecule has 1 saturated heterocycles. The van der Waals surface area contributed by atoms with Gasteiger partial charge in [0.05, 0.1) is 19.1 Å². The summed E-state index contributed by atoms with van der Waals surface area (Å²) in [5, 5.41) is 0. The molecule has 0 radical (unpaired) electrons. The van der Waals surface area contributed by atoms with Crippen LogP contribution in [0.3, 0.4) is 0 Å². The van der Waals surface area contributed by atoms with Crippen LogP contribution in [0.2, 0.25) is 0 Å². The molecule has 1 aliphatic heterocycles. The molecule has 0 saturated carbocycles. The van der Waals surface area contributed by atoms with Crippen LogP contribution in [-0.4, -0.2) is 31.9 Å². The van der Waals surface area contributed by atoms with Crippen LogP contribution in [0, 0.1) is 0 Å². The van der Waals surface area contributed by atoms with E-state index in [0.29, 0.717) is 18.0 Å². The third kappa shape index (κ3) is 4.79.